The number of nitrogen functional groups attached to an aromatic ring is 1. The minimum Gasteiger partial charge on any atom is -0.383 e. The molecular formula is C16H17ClFN3. The van der Waals surface area contributed by atoms with Gasteiger partial charge in [0.25, 0.3) is 0 Å². The normalized spacial score (nSPS) is 11.4. The highest BCUT2D eigenvalue weighted by atomic mass is 35.5. The summed E-state index contributed by atoms with van der Waals surface area (Å²) in [6, 6.07) is 4.42. The number of imidazole rings is 1. The van der Waals surface area contributed by atoms with Gasteiger partial charge in [0, 0.05) is 11.0 Å². The first-order valence-corrected chi connectivity index (χ1v) is 6.89. The zero-order valence-corrected chi connectivity index (χ0v) is 13.0. The maximum Gasteiger partial charge on any atom is 0.141 e. The Morgan fingerprint density at radius 3 is 2.62 bits per heavy atom. The van der Waals surface area contributed by atoms with Crippen molar-refractivity contribution in [2.24, 2.45) is 0 Å². The van der Waals surface area contributed by atoms with Gasteiger partial charge in [-0.3, -0.25) is 0 Å². The van der Waals surface area contributed by atoms with E-state index in [1.807, 2.05) is 20.8 Å². The van der Waals surface area contributed by atoms with Crippen LogP contribution in [0.15, 0.2) is 18.2 Å². The minimum absolute atomic E-state index is 0.0377. The molecule has 0 bridgehead atoms. The number of halogens is 2. The van der Waals surface area contributed by atoms with Gasteiger partial charge in [-0.05, 0) is 18.2 Å². The van der Waals surface area contributed by atoms with Crippen molar-refractivity contribution in [1.82, 2.24) is 9.55 Å². The smallest absolute Gasteiger partial charge is 0.141 e. The van der Waals surface area contributed by atoms with Crippen LogP contribution in [-0.2, 0) is 12.0 Å². The molecule has 2 rings (SSSR count). The molecule has 2 aromatic rings. The number of nitrogens with two attached hydrogens (primary N) is 1. The fourth-order valence-electron chi connectivity index (χ4n) is 2.15. The Bertz CT molecular complexity index is 720. The molecule has 1 aromatic carbocycles. The van der Waals surface area contributed by atoms with Gasteiger partial charge in [0.15, 0.2) is 0 Å². The highest BCUT2D eigenvalue weighted by Crippen LogP contribution is 2.33. The van der Waals surface area contributed by atoms with Crippen LogP contribution < -0.4 is 5.73 Å². The summed E-state index contributed by atoms with van der Waals surface area (Å²) in [7, 11) is 0. The van der Waals surface area contributed by atoms with E-state index in [0.717, 1.165) is 5.82 Å². The highest BCUT2D eigenvalue weighted by Gasteiger charge is 2.25. The summed E-state index contributed by atoms with van der Waals surface area (Å²) in [5.74, 6) is 3.35. The summed E-state index contributed by atoms with van der Waals surface area (Å²) in [6.07, 6.45) is 5.41. The Morgan fingerprint density at radius 1 is 1.43 bits per heavy atom. The lowest BCUT2D eigenvalue weighted by Gasteiger charge is -2.18. The lowest BCUT2D eigenvalue weighted by atomic mass is 9.95. The standard InChI is InChI=1S/C16H17ClFN3/c1-5-8-21-14(19)13(20-15(21)16(2,3)4)10-6-7-12(18)11(17)9-10/h1,6-7,9H,8,19H2,2-4H3. The van der Waals surface area contributed by atoms with Crippen LogP contribution in [0.1, 0.15) is 26.6 Å². The maximum atomic E-state index is 13.3. The van der Waals surface area contributed by atoms with E-state index < -0.39 is 5.82 Å². The number of nitrogens with zero attached hydrogens (tertiary/aromatic N) is 2. The second-order valence-corrected chi connectivity index (χ2v) is 6.25. The van der Waals surface area contributed by atoms with Gasteiger partial charge in [-0.1, -0.05) is 38.3 Å². The summed E-state index contributed by atoms with van der Waals surface area (Å²) in [6.45, 7) is 6.43. The van der Waals surface area contributed by atoms with Crippen LogP contribution in [0.3, 0.4) is 0 Å². The van der Waals surface area contributed by atoms with Crippen LogP contribution in [0.4, 0.5) is 10.2 Å². The van der Waals surface area contributed by atoms with Crippen molar-refractivity contribution in [3.8, 4) is 23.6 Å². The average molecular weight is 306 g/mol. The molecule has 0 radical (unpaired) electrons. The fraction of sp³-hybridized carbons (Fsp3) is 0.312. The molecule has 1 heterocycles. The number of benzene rings is 1. The van der Waals surface area contributed by atoms with E-state index in [1.165, 1.54) is 12.1 Å². The lowest BCUT2D eigenvalue weighted by molar-refractivity contribution is 0.517. The predicted octanol–water partition coefficient (Wildman–Crippen LogP) is 3.86. The van der Waals surface area contributed by atoms with Gasteiger partial charge < -0.3 is 10.3 Å². The van der Waals surface area contributed by atoms with Crippen LogP contribution in [0.5, 0.6) is 0 Å². The number of hydrogen-bond donors (Lipinski definition) is 1. The van der Waals surface area contributed by atoms with Crippen molar-refractivity contribution in [2.75, 3.05) is 5.73 Å². The molecule has 110 valence electrons. The van der Waals surface area contributed by atoms with Gasteiger partial charge in [0.05, 0.1) is 11.6 Å². The molecule has 0 saturated carbocycles. The average Bonchev–Trinajstić information content (AvgIpc) is 2.71. The van der Waals surface area contributed by atoms with Crippen LogP contribution in [0, 0.1) is 18.2 Å². The highest BCUT2D eigenvalue weighted by molar-refractivity contribution is 6.31. The molecule has 0 aliphatic rings. The molecule has 0 spiro atoms. The van der Waals surface area contributed by atoms with E-state index in [4.69, 9.17) is 23.8 Å². The molecular weight excluding hydrogens is 289 g/mol. The molecule has 0 fully saturated rings. The number of terminal acetylenes is 1. The molecule has 2 N–H and O–H groups in total. The molecule has 0 amide bonds. The summed E-state index contributed by atoms with van der Waals surface area (Å²) < 4.78 is 15.1. The molecule has 3 nitrogen and oxygen atoms in total. The van der Waals surface area contributed by atoms with Gasteiger partial charge in [-0.25, -0.2) is 9.37 Å². The third kappa shape index (κ3) is 2.88. The summed E-state index contributed by atoms with van der Waals surface area (Å²) in [5, 5.41) is 0.0377. The van der Waals surface area contributed by atoms with Gasteiger partial charge in [0.2, 0.25) is 0 Å². The lowest BCUT2D eigenvalue weighted by Crippen LogP contribution is -2.19. The molecule has 0 atom stereocenters. The van der Waals surface area contributed by atoms with Crippen LogP contribution in [0.2, 0.25) is 5.02 Å². The third-order valence-electron chi connectivity index (χ3n) is 3.12. The molecule has 0 aliphatic heterocycles. The van der Waals surface area contributed by atoms with Crippen molar-refractivity contribution in [3.05, 3.63) is 34.9 Å². The Hall–Kier alpha value is -1.99. The largest absolute Gasteiger partial charge is 0.383 e. The first-order chi connectivity index (χ1) is 9.75. The Labute approximate surface area is 128 Å². The number of rotatable bonds is 2. The van der Waals surface area contributed by atoms with Gasteiger partial charge in [-0.2, -0.15) is 0 Å². The monoisotopic (exact) mass is 305 g/mol. The summed E-state index contributed by atoms with van der Waals surface area (Å²) in [4.78, 5) is 4.60. The molecule has 21 heavy (non-hydrogen) atoms. The van der Waals surface area contributed by atoms with Crippen molar-refractivity contribution in [3.63, 3.8) is 0 Å². The van der Waals surface area contributed by atoms with Crippen molar-refractivity contribution in [2.45, 2.75) is 32.7 Å². The predicted molar refractivity (Wildman–Crippen MR) is 84.6 cm³/mol. The Balaban J connectivity index is 2.65. The van der Waals surface area contributed by atoms with E-state index in [2.05, 4.69) is 10.9 Å². The van der Waals surface area contributed by atoms with Crippen LogP contribution in [0.25, 0.3) is 11.3 Å². The Morgan fingerprint density at radius 2 is 2.10 bits per heavy atom. The quantitative estimate of drug-likeness (QED) is 0.856. The third-order valence-corrected chi connectivity index (χ3v) is 3.41. The van der Waals surface area contributed by atoms with Crippen LogP contribution >= 0.6 is 11.6 Å². The molecule has 1 aromatic heterocycles. The van der Waals surface area contributed by atoms with E-state index in [-0.39, 0.29) is 10.4 Å². The van der Waals surface area contributed by atoms with Crippen LogP contribution in [-0.4, -0.2) is 9.55 Å². The van der Waals surface area contributed by atoms with Crippen molar-refractivity contribution in [1.29, 1.82) is 0 Å². The zero-order valence-electron chi connectivity index (χ0n) is 12.2. The van der Waals surface area contributed by atoms with Gasteiger partial charge >= 0.3 is 0 Å². The van der Waals surface area contributed by atoms with Gasteiger partial charge in [-0.15, -0.1) is 6.42 Å². The first kappa shape index (κ1) is 15.4. The zero-order chi connectivity index (χ0) is 15.8. The number of aromatic nitrogens is 2. The summed E-state index contributed by atoms with van der Waals surface area (Å²) in [5.41, 5.74) is 7.19. The number of anilines is 1. The second kappa shape index (κ2) is 5.42. The molecule has 5 heteroatoms. The minimum atomic E-state index is -0.474. The van der Waals surface area contributed by atoms with Gasteiger partial charge in [0.1, 0.15) is 23.2 Å². The molecule has 0 unspecified atom stereocenters. The van der Waals surface area contributed by atoms with E-state index >= 15 is 0 Å². The van der Waals surface area contributed by atoms with E-state index in [9.17, 15) is 4.39 Å². The summed E-state index contributed by atoms with van der Waals surface area (Å²) >= 11 is 5.83. The van der Waals surface area contributed by atoms with Crippen molar-refractivity contribution >= 4 is 17.4 Å². The topological polar surface area (TPSA) is 43.8 Å². The molecule has 0 aliphatic carbocycles. The van der Waals surface area contributed by atoms with E-state index in [1.54, 1.807) is 10.6 Å². The molecule has 0 saturated heterocycles. The van der Waals surface area contributed by atoms with E-state index in [0.29, 0.717) is 23.6 Å². The number of hydrogen-bond acceptors (Lipinski definition) is 2. The van der Waals surface area contributed by atoms with Crippen molar-refractivity contribution < 1.29 is 4.39 Å². The second-order valence-electron chi connectivity index (χ2n) is 5.84. The SMILES string of the molecule is C#CCn1c(C(C)(C)C)nc(-c2ccc(F)c(Cl)c2)c1N. The maximum absolute atomic E-state index is 13.3. The fourth-order valence-corrected chi connectivity index (χ4v) is 2.33. The first-order valence-electron chi connectivity index (χ1n) is 6.51. The Kier molecular flexibility index (Phi) is 3.97.